The van der Waals surface area contributed by atoms with Crippen LogP contribution in [0.5, 0.6) is 0 Å². The third-order valence-corrected chi connectivity index (χ3v) is 4.06. The van der Waals surface area contributed by atoms with Crippen LogP contribution in [0.3, 0.4) is 0 Å². The Morgan fingerprint density at radius 1 is 1.35 bits per heavy atom. The molecule has 1 rings (SSSR count). The van der Waals surface area contributed by atoms with Crippen molar-refractivity contribution in [3.63, 3.8) is 0 Å². The van der Waals surface area contributed by atoms with Gasteiger partial charge >= 0.3 is 5.97 Å². The molecule has 1 amide bonds. The highest BCUT2D eigenvalue weighted by molar-refractivity contribution is 5.81. The van der Waals surface area contributed by atoms with E-state index in [1.165, 1.54) is 0 Å². The number of piperidine rings is 1. The molecule has 0 spiro atoms. The van der Waals surface area contributed by atoms with Crippen LogP contribution in [0.25, 0.3) is 0 Å². The lowest BCUT2D eigenvalue weighted by molar-refractivity contribution is -0.154. The zero-order valence-corrected chi connectivity index (χ0v) is 12.8. The Balaban J connectivity index is 2.43. The van der Waals surface area contributed by atoms with E-state index in [2.05, 4.69) is 6.92 Å². The summed E-state index contributed by atoms with van der Waals surface area (Å²) in [6, 6.07) is -0.237. The minimum absolute atomic E-state index is 0.0658. The molecule has 0 aromatic carbocycles. The van der Waals surface area contributed by atoms with E-state index in [-0.39, 0.29) is 17.9 Å². The minimum Gasteiger partial charge on any atom is -0.481 e. The van der Waals surface area contributed by atoms with Gasteiger partial charge in [0.1, 0.15) is 0 Å². The number of likely N-dealkylation sites (tertiary alicyclic amines) is 1. The molecule has 1 fully saturated rings. The quantitative estimate of drug-likeness (QED) is 0.694. The molecule has 0 aromatic rings. The summed E-state index contributed by atoms with van der Waals surface area (Å²) in [6.07, 6.45) is 3.26. The summed E-state index contributed by atoms with van der Waals surface area (Å²) < 4.78 is 5.48. The van der Waals surface area contributed by atoms with Crippen molar-refractivity contribution in [1.82, 2.24) is 4.90 Å². The Morgan fingerprint density at radius 2 is 2.00 bits per heavy atom. The van der Waals surface area contributed by atoms with Gasteiger partial charge in [0.05, 0.1) is 5.92 Å². The fourth-order valence-corrected chi connectivity index (χ4v) is 2.88. The van der Waals surface area contributed by atoms with Gasteiger partial charge in [-0.3, -0.25) is 9.59 Å². The highest BCUT2D eigenvalue weighted by atomic mass is 16.5. The number of rotatable bonds is 8. The van der Waals surface area contributed by atoms with Crippen LogP contribution >= 0.6 is 0 Å². The van der Waals surface area contributed by atoms with Crippen molar-refractivity contribution in [3.8, 4) is 0 Å². The van der Waals surface area contributed by atoms with Crippen LogP contribution in [-0.4, -0.2) is 47.7 Å². The van der Waals surface area contributed by atoms with E-state index >= 15 is 0 Å². The molecule has 5 heteroatoms. The molecule has 3 unspecified atom stereocenters. The Kier molecular flexibility index (Phi) is 6.99. The lowest BCUT2D eigenvalue weighted by atomic mass is 9.81. The van der Waals surface area contributed by atoms with Gasteiger partial charge in [0.15, 0.2) is 0 Å². The monoisotopic (exact) mass is 285 g/mol. The summed E-state index contributed by atoms with van der Waals surface area (Å²) >= 11 is 0. The molecule has 1 heterocycles. The first-order chi connectivity index (χ1) is 9.49. The molecular formula is C15H27NO4. The van der Waals surface area contributed by atoms with E-state index in [0.29, 0.717) is 19.6 Å². The fourth-order valence-electron chi connectivity index (χ4n) is 2.88. The Morgan fingerprint density at radius 3 is 2.60 bits per heavy atom. The number of amides is 1. The SMILES string of the molecule is CCCCOCCCN1C(=O)CC(C)C(C(=O)O)C1C. The number of unbranched alkanes of at least 4 members (excludes halogenated alkanes) is 1. The van der Waals surface area contributed by atoms with Gasteiger partial charge in [-0.1, -0.05) is 20.3 Å². The minimum atomic E-state index is -0.804. The number of aliphatic carboxylic acids is 1. The number of carbonyl (C=O) groups is 2. The van der Waals surface area contributed by atoms with E-state index in [0.717, 1.165) is 25.9 Å². The summed E-state index contributed by atoms with van der Waals surface area (Å²) in [4.78, 5) is 25.1. The first kappa shape index (κ1) is 17.0. The van der Waals surface area contributed by atoms with Gasteiger partial charge in [0.25, 0.3) is 0 Å². The van der Waals surface area contributed by atoms with Crippen molar-refractivity contribution in [2.45, 2.75) is 52.5 Å². The number of carboxylic acids is 1. The molecule has 0 aliphatic carbocycles. The van der Waals surface area contributed by atoms with Crippen molar-refractivity contribution in [1.29, 1.82) is 0 Å². The van der Waals surface area contributed by atoms with Crippen LogP contribution in [0.1, 0.15) is 46.5 Å². The lowest BCUT2D eigenvalue weighted by Gasteiger charge is -2.40. The number of carbonyl (C=O) groups excluding carboxylic acids is 1. The third-order valence-electron chi connectivity index (χ3n) is 4.06. The smallest absolute Gasteiger partial charge is 0.308 e. The van der Waals surface area contributed by atoms with Gasteiger partial charge in [0, 0.05) is 32.2 Å². The van der Waals surface area contributed by atoms with E-state index in [9.17, 15) is 14.7 Å². The largest absolute Gasteiger partial charge is 0.481 e. The topological polar surface area (TPSA) is 66.8 Å². The molecular weight excluding hydrogens is 258 g/mol. The molecule has 1 aliphatic heterocycles. The van der Waals surface area contributed by atoms with E-state index in [1.807, 2.05) is 13.8 Å². The fraction of sp³-hybridized carbons (Fsp3) is 0.867. The Labute approximate surface area is 121 Å². The summed E-state index contributed by atoms with van der Waals surface area (Å²) in [5.41, 5.74) is 0. The summed E-state index contributed by atoms with van der Waals surface area (Å²) in [5, 5.41) is 9.29. The van der Waals surface area contributed by atoms with Crippen LogP contribution < -0.4 is 0 Å². The zero-order chi connectivity index (χ0) is 15.1. The van der Waals surface area contributed by atoms with Gasteiger partial charge in [-0.2, -0.15) is 0 Å². The van der Waals surface area contributed by atoms with Gasteiger partial charge in [-0.25, -0.2) is 0 Å². The second-order valence-electron chi connectivity index (χ2n) is 5.69. The van der Waals surface area contributed by atoms with Crippen molar-refractivity contribution in [2.24, 2.45) is 11.8 Å². The van der Waals surface area contributed by atoms with Gasteiger partial charge in [0.2, 0.25) is 5.91 Å². The predicted molar refractivity (Wildman–Crippen MR) is 76.4 cm³/mol. The van der Waals surface area contributed by atoms with Gasteiger partial charge < -0.3 is 14.7 Å². The van der Waals surface area contributed by atoms with Crippen LogP contribution in [0, 0.1) is 11.8 Å². The molecule has 3 atom stereocenters. The summed E-state index contributed by atoms with van der Waals surface area (Å²) in [6.45, 7) is 7.77. The number of hydrogen-bond acceptors (Lipinski definition) is 3. The van der Waals surface area contributed by atoms with Crippen LogP contribution in [0.15, 0.2) is 0 Å². The normalized spacial score (nSPS) is 26.9. The van der Waals surface area contributed by atoms with Gasteiger partial charge in [-0.05, 0) is 25.7 Å². The zero-order valence-electron chi connectivity index (χ0n) is 12.8. The molecule has 1 N–H and O–H groups in total. The predicted octanol–water partition coefficient (Wildman–Crippen LogP) is 2.15. The summed E-state index contributed by atoms with van der Waals surface area (Å²) in [7, 11) is 0. The number of carboxylic acid groups (broad SMARTS) is 1. The maximum Gasteiger partial charge on any atom is 0.308 e. The average molecular weight is 285 g/mol. The molecule has 0 aromatic heterocycles. The number of ether oxygens (including phenoxy) is 1. The van der Waals surface area contributed by atoms with Crippen molar-refractivity contribution < 1.29 is 19.4 Å². The Hall–Kier alpha value is -1.10. The first-order valence-corrected chi connectivity index (χ1v) is 7.59. The molecule has 1 saturated heterocycles. The van der Waals surface area contributed by atoms with Crippen molar-refractivity contribution in [2.75, 3.05) is 19.8 Å². The van der Waals surface area contributed by atoms with E-state index in [4.69, 9.17) is 4.74 Å². The third kappa shape index (κ3) is 4.47. The Bertz CT molecular complexity index is 332. The molecule has 0 bridgehead atoms. The molecule has 116 valence electrons. The van der Waals surface area contributed by atoms with E-state index in [1.54, 1.807) is 4.90 Å². The van der Waals surface area contributed by atoms with Crippen LogP contribution in [-0.2, 0) is 14.3 Å². The van der Waals surface area contributed by atoms with Crippen LogP contribution in [0.4, 0.5) is 0 Å². The highest BCUT2D eigenvalue weighted by Gasteiger charge is 2.41. The maximum atomic E-state index is 12.0. The van der Waals surface area contributed by atoms with Crippen LogP contribution in [0.2, 0.25) is 0 Å². The number of nitrogens with zero attached hydrogens (tertiary/aromatic N) is 1. The standard InChI is InChI=1S/C15H27NO4/c1-4-5-8-20-9-6-7-16-12(3)14(15(18)19)11(2)10-13(16)17/h11-12,14H,4-10H2,1-3H3,(H,18,19). The van der Waals surface area contributed by atoms with E-state index < -0.39 is 11.9 Å². The summed E-state index contributed by atoms with van der Waals surface area (Å²) in [5.74, 6) is -1.29. The molecule has 5 nitrogen and oxygen atoms in total. The number of hydrogen-bond donors (Lipinski definition) is 1. The lowest BCUT2D eigenvalue weighted by Crippen LogP contribution is -2.53. The molecule has 0 radical (unpaired) electrons. The first-order valence-electron chi connectivity index (χ1n) is 7.59. The average Bonchev–Trinajstić information content (AvgIpc) is 2.35. The van der Waals surface area contributed by atoms with Crippen molar-refractivity contribution >= 4 is 11.9 Å². The highest BCUT2D eigenvalue weighted by Crippen LogP contribution is 2.30. The molecule has 0 saturated carbocycles. The van der Waals surface area contributed by atoms with Crippen molar-refractivity contribution in [3.05, 3.63) is 0 Å². The molecule has 20 heavy (non-hydrogen) atoms. The maximum absolute atomic E-state index is 12.0. The second kappa shape index (κ2) is 8.25. The van der Waals surface area contributed by atoms with Gasteiger partial charge in [-0.15, -0.1) is 0 Å². The second-order valence-corrected chi connectivity index (χ2v) is 5.69. The molecule has 1 aliphatic rings.